The molecule has 5 rings (SSSR count). The van der Waals surface area contributed by atoms with E-state index >= 15 is 0 Å². The van der Waals surface area contributed by atoms with E-state index in [0.29, 0.717) is 30.2 Å². The van der Waals surface area contributed by atoms with Crippen LogP contribution in [0.4, 0.5) is 4.39 Å². The number of hydrogen-bond donors (Lipinski definition) is 2. The number of benzene rings is 2. The molecule has 198 valence electrons. The van der Waals surface area contributed by atoms with E-state index in [-0.39, 0.29) is 42.3 Å². The van der Waals surface area contributed by atoms with Gasteiger partial charge in [-0.2, -0.15) is 0 Å². The molecule has 2 aromatic heterocycles. The summed E-state index contributed by atoms with van der Waals surface area (Å²) in [6.07, 6.45) is 3.40. The Morgan fingerprint density at radius 2 is 1.82 bits per heavy atom. The van der Waals surface area contributed by atoms with Crippen molar-refractivity contribution in [3.63, 3.8) is 0 Å². The highest BCUT2D eigenvalue weighted by Gasteiger charge is 2.26. The molecule has 3 heterocycles. The SMILES string of the molecule is O=C(OC1CCNCC1)c1nc(C#CCO)c2cc(Cc3ccc(F)cc3)cnc2c1OCc1ccccc1. The number of carbonyl (C=O) groups excluding carboxylic acids is 1. The Labute approximate surface area is 226 Å². The average molecular weight is 526 g/mol. The number of nitrogens with one attached hydrogen (secondary N) is 1. The van der Waals surface area contributed by atoms with Crippen molar-refractivity contribution in [3.05, 3.63) is 101 Å². The van der Waals surface area contributed by atoms with Gasteiger partial charge in [-0.25, -0.2) is 14.2 Å². The number of carbonyl (C=O) groups is 1. The third-order valence-corrected chi connectivity index (χ3v) is 6.44. The number of aromatic nitrogens is 2. The lowest BCUT2D eigenvalue weighted by Crippen LogP contribution is -2.34. The van der Waals surface area contributed by atoms with Crippen LogP contribution in [0.25, 0.3) is 10.9 Å². The molecule has 4 aromatic rings. The van der Waals surface area contributed by atoms with E-state index in [4.69, 9.17) is 9.47 Å². The summed E-state index contributed by atoms with van der Waals surface area (Å²) < 4.78 is 25.4. The number of hydrogen-bond acceptors (Lipinski definition) is 7. The molecule has 39 heavy (non-hydrogen) atoms. The van der Waals surface area contributed by atoms with Gasteiger partial charge < -0.3 is 19.9 Å². The maximum Gasteiger partial charge on any atom is 0.361 e. The van der Waals surface area contributed by atoms with Crippen molar-refractivity contribution in [3.8, 4) is 17.6 Å². The van der Waals surface area contributed by atoms with E-state index in [9.17, 15) is 14.3 Å². The number of ether oxygens (including phenoxy) is 2. The highest BCUT2D eigenvalue weighted by Crippen LogP contribution is 2.32. The molecule has 0 aliphatic carbocycles. The largest absolute Gasteiger partial charge is 0.484 e. The summed E-state index contributed by atoms with van der Waals surface area (Å²) in [4.78, 5) is 22.7. The van der Waals surface area contributed by atoms with Crippen molar-refractivity contribution < 1.29 is 23.8 Å². The number of halogens is 1. The number of aliphatic hydroxyl groups excluding tert-OH is 1. The van der Waals surface area contributed by atoms with Gasteiger partial charge >= 0.3 is 5.97 Å². The molecule has 2 aromatic carbocycles. The summed E-state index contributed by atoms with van der Waals surface area (Å²) in [7, 11) is 0. The maximum atomic E-state index is 13.4. The molecule has 8 heteroatoms. The molecule has 7 nitrogen and oxygen atoms in total. The second-order valence-electron chi connectivity index (χ2n) is 9.27. The molecule has 0 radical (unpaired) electrons. The van der Waals surface area contributed by atoms with Crippen LogP contribution < -0.4 is 10.1 Å². The molecular weight excluding hydrogens is 497 g/mol. The van der Waals surface area contributed by atoms with Gasteiger partial charge in [-0.05, 0) is 73.2 Å². The van der Waals surface area contributed by atoms with Crippen molar-refractivity contribution in [1.29, 1.82) is 0 Å². The van der Waals surface area contributed by atoms with Crippen LogP contribution in [0, 0.1) is 17.7 Å². The zero-order valence-corrected chi connectivity index (χ0v) is 21.3. The molecule has 0 unspecified atom stereocenters. The highest BCUT2D eigenvalue weighted by atomic mass is 19.1. The van der Waals surface area contributed by atoms with Crippen molar-refractivity contribution in [2.75, 3.05) is 19.7 Å². The van der Waals surface area contributed by atoms with Crippen molar-refractivity contribution in [2.45, 2.75) is 32.0 Å². The number of rotatable bonds is 7. The number of aliphatic hydroxyl groups is 1. The summed E-state index contributed by atoms with van der Waals surface area (Å²) in [6.45, 7) is 1.37. The summed E-state index contributed by atoms with van der Waals surface area (Å²) in [5.74, 6) is 4.81. The third kappa shape index (κ3) is 6.58. The number of pyridine rings is 2. The third-order valence-electron chi connectivity index (χ3n) is 6.44. The second-order valence-corrected chi connectivity index (χ2v) is 9.27. The monoisotopic (exact) mass is 525 g/mol. The number of nitrogens with zero attached hydrogens (tertiary/aromatic N) is 2. The lowest BCUT2D eigenvalue weighted by atomic mass is 10.0. The van der Waals surface area contributed by atoms with Gasteiger partial charge in [0, 0.05) is 11.6 Å². The quantitative estimate of drug-likeness (QED) is 0.276. The van der Waals surface area contributed by atoms with Crippen molar-refractivity contribution >= 4 is 16.9 Å². The van der Waals surface area contributed by atoms with Gasteiger partial charge in [-0.1, -0.05) is 48.4 Å². The zero-order valence-electron chi connectivity index (χ0n) is 21.3. The van der Waals surface area contributed by atoms with E-state index in [0.717, 1.165) is 29.8 Å². The Morgan fingerprint density at radius 1 is 1.05 bits per heavy atom. The number of fused-ring (bicyclic) bond motifs is 1. The Bertz CT molecular complexity index is 1510. The van der Waals surface area contributed by atoms with Crippen LogP contribution in [0.3, 0.4) is 0 Å². The summed E-state index contributed by atoms with van der Waals surface area (Å²) in [5, 5.41) is 13.2. The van der Waals surface area contributed by atoms with Crippen LogP contribution in [-0.2, 0) is 17.8 Å². The number of esters is 1. The fourth-order valence-electron chi connectivity index (χ4n) is 4.48. The Hall–Kier alpha value is -4.32. The Kier molecular flexibility index (Phi) is 8.42. The lowest BCUT2D eigenvalue weighted by Gasteiger charge is -2.23. The van der Waals surface area contributed by atoms with Crippen LogP contribution in [0.5, 0.6) is 5.75 Å². The van der Waals surface area contributed by atoms with Crippen LogP contribution in [0.1, 0.15) is 45.7 Å². The van der Waals surface area contributed by atoms with Gasteiger partial charge in [-0.3, -0.25) is 4.98 Å². The molecule has 1 fully saturated rings. The molecule has 2 N–H and O–H groups in total. The first-order chi connectivity index (χ1) is 19.1. The smallest absolute Gasteiger partial charge is 0.361 e. The molecule has 0 spiro atoms. The first-order valence-corrected chi connectivity index (χ1v) is 12.9. The molecule has 0 amide bonds. The predicted molar refractivity (Wildman–Crippen MR) is 145 cm³/mol. The fourth-order valence-corrected chi connectivity index (χ4v) is 4.48. The normalized spacial score (nSPS) is 13.5. The standard InChI is InChI=1S/C31H28FN3O4/c32-24-10-8-21(9-11-24)17-23-18-26-27(7-4-16-36)35-29(31(37)39-25-12-14-33-15-13-25)30(28(26)34-19-23)38-20-22-5-2-1-3-6-22/h1-3,5-6,8-11,18-19,25,33,36H,12-17,20H2. The minimum atomic E-state index is -0.601. The lowest BCUT2D eigenvalue weighted by molar-refractivity contribution is 0.0218. The molecule has 0 saturated carbocycles. The fraction of sp³-hybridized carbons (Fsp3) is 0.258. The highest BCUT2D eigenvalue weighted by molar-refractivity contribution is 5.99. The second kappa shape index (κ2) is 12.5. The van der Waals surface area contributed by atoms with Gasteiger partial charge in [0.1, 0.15) is 36.3 Å². The average Bonchev–Trinajstić information content (AvgIpc) is 2.97. The minimum Gasteiger partial charge on any atom is -0.484 e. The van der Waals surface area contributed by atoms with Crippen LogP contribution in [-0.4, -0.2) is 46.8 Å². The van der Waals surface area contributed by atoms with Gasteiger partial charge in [0.15, 0.2) is 11.4 Å². The van der Waals surface area contributed by atoms with Crippen LogP contribution >= 0.6 is 0 Å². The maximum absolute atomic E-state index is 13.4. The molecule has 1 aliphatic heterocycles. The predicted octanol–water partition coefficient (Wildman–Crippen LogP) is 4.19. The summed E-state index contributed by atoms with van der Waals surface area (Å²) >= 11 is 0. The van der Waals surface area contributed by atoms with Gasteiger partial charge in [0.25, 0.3) is 0 Å². The molecular formula is C31H28FN3O4. The molecule has 1 aliphatic rings. The van der Waals surface area contributed by atoms with Crippen molar-refractivity contribution in [1.82, 2.24) is 15.3 Å². The summed E-state index contributed by atoms with van der Waals surface area (Å²) in [5.41, 5.74) is 3.39. The minimum absolute atomic E-state index is 0.00186. The molecule has 0 bridgehead atoms. The van der Waals surface area contributed by atoms with Crippen LogP contribution in [0.2, 0.25) is 0 Å². The van der Waals surface area contributed by atoms with E-state index in [1.807, 2.05) is 36.4 Å². The van der Waals surface area contributed by atoms with Crippen LogP contribution in [0.15, 0.2) is 66.9 Å². The van der Waals surface area contributed by atoms with E-state index in [2.05, 4.69) is 27.1 Å². The Balaban J connectivity index is 1.58. The van der Waals surface area contributed by atoms with E-state index in [1.54, 1.807) is 18.3 Å². The topological polar surface area (TPSA) is 93.6 Å². The molecule has 1 saturated heterocycles. The first-order valence-electron chi connectivity index (χ1n) is 12.9. The van der Waals surface area contributed by atoms with Gasteiger partial charge in [0.2, 0.25) is 0 Å². The van der Waals surface area contributed by atoms with Gasteiger partial charge in [-0.15, -0.1) is 0 Å². The van der Waals surface area contributed by atoms with E-state index < -0.39 is 5.97 Å². The summed E-state index contributed by atoms with van der Waals surface area (Å²) in [6, 6.07) is 17.8. The first kappa shape index (κ1) is 26.3. The Morgan fingerprint density at radius 3 is 2.56 bits per heavy atom. The zero-order chi connectivity index (χ0) is 27.0. The molecule has 0 atom stereocenters. The van der Waals surface area contributed by atoms with Crippen molar-refractivity contribution in [2.24, 2.45) is 0 Å². The van der Waals surface area contributed by atoms with Gasteiger partial charge in [0.05, 0.1) is 0 Å². The van der Waals surface area contributed by atoms with E-state index in [1.165, 1.54) is 12.1 Å². The number of piperidine rings is 1.